The van der Waals surface area contributed by atoms with Crippen molar-refractivity contribution in [3.05, 3.63) is 35.9 Å². The van der Waals surface area contributed by atoms with E-state index in [4.69, 9.17) is 10.8 Å². The Balaban J connectivity index is 2.57. The van der Waals surface area contributed by atoms with Crippen LogP contribution in [0.3, 0.4) is 0 Å². The average Bonchev–Trinajstić information content (AvgIpc) is 2.30. The van der Waals surface area contributed by atoms with Crippen molar-refractivity contribution in [2.75, 3.05) is 13.1 Å². The monoisotopic (exact) mass is 236 g/mol. The highest BCUT2D eigenvalue weighted by Gasteiger charge is 2.16. The van der Waals surface area contributed by atoms with E-state index < -0.39 is 12.0 Å². The van der Waals surface area contributed by atoms with Gasteiger partial charge in [0.1, 0.15) is 6.04 Å². The first-order valence-corrected chi connectivity index (χ1v) is 5.88. The molecule has 0 aliphatic carbocycles. The van der Waals surface area contributed by atoms with Crippen LogP contribution < -0.4 is 5.73 Å². The highest BCUT2D eigenvalue weighted by molar-refractivity contribution is 5.73. The third-order valence-corrected chi connectivity index (χ3v) is 2.56. The van der Waals surface area contributed by atoms with Gasteiger partial charge in [-0.2, -0.15) is 0 Å². The zero-order valence-electron chi connectivity index (χ0n) is 10.2. The average molecular weight is 236 g/mol. The van der Waals surface area contributed by atoms with Crippen molar-refractivity contribution in [3.63, 3.8) is 0 Å². The molecule has 1 atom stereocenters. The predicted octanol–water partition coefficient (Wildman–Crippen LogP) is 1.31. The number of carboxylic acid groups (broad SMARTS) is 1. The summed E-state index contributed by atoms with van der Waals surface area (Å²) in [5.74, 6) is -0.945. The Morgan fingerprint density at radius 3 is 2.59 bits per heavy atom. The van der Waals surface area contributed by atoms with Crippen molar-refractivity contribution >= 4 is 5.97 Å². The van der Waals surface area contributed by atoms with Gasteiger partial charge in [0.2, 0.25) is 0 Å². The Bertz CT molecular complexity index is 341. The second kappa shape index (κ2) is 7.04. The molecule has 0 bridgehead atoms. The highest BCUT2D eigenvalue weighted by atomic mass is 16.4. The van der Waals surface area contributed by atoms with E-state index in [-0.39, 0.29) is 0 Å². The molecule has 0 heterocycles. The van der Waals surface area contributed by atoms with Crippen LogP contribution in [0.4, 0.5) is 0 Å². The molecular weight excluding hydrogens is 216 g/mol. The summed E-state index contributed by atoms with van der Waals surface area (Å²) in [5, 5.41) is 8.81. The highest BCUT2D eigenvalue weighted by Crippen LogP contribution is 2.05. The van der Waals surface area contributed by atoms with Crippen LogP contribution in [0.25, 0.3) is 0 Å². The maximum Gasteiger partial charge on any atom is 0.321 e. The summed E-state index contributed by atoms with van der Waals surface area (Å²) < 4.78 is 0. The number of nitrogens with two attached hydrogens (primary N) is 1. The molecule has 4 nitrogen and oxygen atoms in total. The molecule has 0 aromatic heterocycles. The number of hydrogen-bond donors (Lipinski definition) is 2. The van der Waals surface area contributed by atoms with E-state index in [0.717, 1.165) is 19.5 Å². The maximum atomic E-state index is 10.7. The molecule has 1 aromatic rings. The molecule has 0 aliphatic heterocycles. The van der Waals surface area contributed by atoms with Gasteiger partial charge in [0, 0.05) is 13.1 Å². The van der Waals surface area contributed by atoms with Gasteiger partial charge in [-0.05, 0) is 18.5 Å². The van der Waals surface area contributed by atoms with Gasteiger partial charge in [-0.15, -0.1) is 0 Å². The largest absolute Gasteiger partial charge is 0.480 e. The summed E-state index contributed by atoms with van der Waals surface area (Å²) in [6, 6.07) is 9.19. The minimum Gasteiger partial charge on any atom is -0.480 e. The van der Waals surface area contributed by atoms with Gasteiger partial charge in [0.05, 0.1) is 0 Å². The van der Waals surface area contributed by atoms with Crippen LogP contribution in [0.1, 0.15) is 18.9 Å². The van der Waals surface area contributed by atoms with E-state index >= 15 is 0 Å². The minimum atomic E-state index is -0.945. The summed E-state index contributed by atoms with van der Waals surface area (Å²) in [4.78, 5) is 12.8. The number of carbonyl (C=O) groups is 1. The zero-order chi connectivity index (χ0) is 12.7. The first-order chi connectivity index (χ1) is 8.13. The molecule has 0 radical (unpaired) electrons. The topological polar surface area (TPSA) is 66.6 Å². The van der Waals surface area contributed by atoms with Gasteiger partial charge < -0.3 is 10.8 Å². The van der Waals surface area contributed by atoms with Crippen molar-refractivity contribution in [2.24, 2.45) is 5.73 Å². The lowest BCUT2D eigenvalue weighted by Crippen LogP contribution is -2.42. The molecule has 0 aliphatic rings. The maximum absolute atomic E-state index is 10.7. The van der Waals surface area contributed by atoms with E-state index in [1.807, 2.05) is 30.3 Å². The number of carboxylic acids is 1. The molecule has 0 fully saturated rings. The fraction of sp³-hybridized carbons (Fsp3) is 0.462. The molecule has 1 aromatic carbocycles. The predicted molar refractivity (Wildman–Crippen MR) is 67.6 cm³/mol. The van der Waals surface area contributed by atoms with Crippen LogP contribution in [0.5, 0.6) is 0 Å². The SMILES string of the molecule is CCCN(Cc1ccccc1)CC(N)C(=O)O. The molecular formula is C13H20N2O2. The third-order valence-electron chi connectivity index (χ3n) is 2.56. The number of aliphatic carboxylic acids is 1. The number of hydrogen-bond acceptors (Lipinski definition) is 3. The van der Waals surface area contributed by atoms with Crippen LogP contribution in [-0.4, -0.2) is 35.1 Å². The minimum absolute atomic E-state index is 0.387. The third kappa shape index (κ3) is 4.97. The number of benzene rings is 1. The van der Waals surface area contributed by atoms with E-state index in [1.165, 1.54) is 5.56 Å². The zero-order valence-corrected chi connectivity index (χ0v) is 10.2. The standard InChI is InChI=1S/C13H20N2O2/c1-2-8-15(10-12(14)13(16)17)9-11-6-4-3-5-7-11/h3-7,12H,2,8-10,14H2,1H3,(H,16,17). The molecule has 0 saturated heterocycles. The van der Waals surface area contributed by atoms with E-state index in [9.17, 15) is 4.79 Å². The Labute approximate surface area is 102 Å². The summed E-state index contributed by atoms with van der Waals surface area (Å²) in [6.07, 6.45) is 0.985. The first kappa shape index (κ1) is 13.7. The molecule has 94 valence electrons. The smallest absolute Gasteiger partial charge is 0.321 e. The van der Waals surface area contributed by atoms with Gasteiger partial charge in [-0.1, -0.05) is 37.3 Å². The quantitative estimate of drug-likeness (QED) is 0.749. The molecule has 3 N–H and O–H groups in total. The lowest BCUT2D eigenvalue weighted by molar-refractivity contribution is -0.139. The molecule has 1 unspecified atom stereocenters. The molecule has 4 heteroatoms. The van der Waals surface area contributed by atoms with Crippen molar-refractivity contribution in [1.29, 1.82) is 0 Å². The molecule has 17 heavy (non-hydrogen) atoms. The molecule has 1 rings (SSSR count). The lowest BCUT2D eigenvalue weighted by atomic mass is 10.2. The van der Waals surface area contributed by atoms with Crippen LogP contribution in [0, 0.1) is 0 Å². The Morgan fingerprint density at radius 1 is 1.41 bits per heavy atom. The molecule has 0 amide bonds. The Kier molecular flexibility index (Phi) is 5.66. The number of rotatable bonds is 7. The van der Waals surface area contributed by atoms with Crippen LogP contribution >= 0.6 is 0 Å². The Hall–Kier alpha value is -1.39. The summed E-state index contributed by atoms with van der Waals surface area (Å²) >= 11 is 0. The lowest BCUT2D eigenvalue weighted by Gasteiger charge is -2.23. The molecule has 0 saturated carbocycles. The molecule has 0 spiro atoms. The van der Waals surface area contributed by atoms with Crippen molar-refractivity contribution in [1.82, 2.24) is 4.90 Å². The summed E-state index contributed by atoms with van der Waals surface area (Å²) in [6.45, 7) is 4.06. The van der Waals surface area contributed by atoms with Gasteiger partial charge in [-0.3, -0.25) is 9.69 Å². The second-order valence-corrected chi connectivity index (χ2v) is 4.17. The van der Waals surface area contributed by atoms with Crippen LogP contribution in [-0.2, 0) is 11.3 Å². The van der Waals surface area contributed by atoms with E-state index in [2.05, 4.69) is 11.8 Å². The van der Waals surface area contributed by atoms with Crippen molar-refractivity contribution in [2.45, 2.75) is 25.9 Å². The second-order valence-electron chi connectivity index (χ2n) is 4.17. The van der Waals surface area contributed by atoms with Gasteiger partial charge in [-0.25, -0.2) is 0 Å². The summed E-state index contributed by atoms with van der Waals surface area (Å²) in [5.41, 5.74) is 6.74. The first-order valence-electron chi connectivity index (χ1n) is 5.88. The van der Waals surface area contributed by atoms with E-state index in [0.29, 0.717) is 6.54 Å². The fourth-order valence-electron chi connectivity index (χ4n) is 1.75. The van der Waals surface area contributed by atoms with E-state index in [1.54, 1.807) is 0 Å². The normalized spacial score (nSPS) is 12.6. The van der Waals surface area contributed by atoms with Gasteiger partial charge in [0.15, 0.2) is 0 Å². The van der Waals surface area contributed by atoms with Crippen LogP contribution in [0.15, 0.2) is 30.3 Å². The fourth-order valence-corrected chi connectivity index (χ4v) is 1.75. The van der Waals surface area contributed by atoms with Gasteiger partial charge in [0.25, 0.3) is 0 Å². The van der Waals surface area contributed by atoms with Gasteiger partial charge >= 0.3 is 5.97 Å². The van der Waals surface area contributed by atoms with Crippen LogP contribution in [0.2, 0.25) is 0 Å². The van der Waals surface area contributed by atoms with Crippen molar-refractivity contribution < 1.29 is 9.90 Å². The Morgan fingerprint density at radius 2 is 2.06 bits per heavy atom. The number of nitrogens with zero attached hydrogens (tertiary/aromatic N) is 1. The summed E-state index contributed by atoms with van der Waals surface area (Å²) in [7, 11) is 0. The van der Waals surface area contributed by atoms with Crippen molar-refractivity contribution in [3.8, 4) is 0 Å².